The number of halogens is 20. The molecule has 0 atom stereocenters. The zero-order chi connectivity index (χ0) is 49.3. The van der Waals surface area contributed by atoms with Crippen molar-refractivity contribution in [3.63, 3.8) is 0 Å². The minimum Gasteiger partial charge on any atom is -0.872 e. The number of hydrogen-bond acceptors (Lipinski definition) is 4. The van der Waals surface area contributed by atoms with Crippen LogP contribution in [0.5, 0.6) is 0 Å². The second kappa shape index (κ2) is 21.1. The number of carbonyl (C=O) groups excluding carboxylic acids is 2. The molecule has 65 heavy (non-hydrogen) atoms. The first-order valence-corrected chi connectivity index (χ1v) is 16.4. The average Bonchev–Trinajstić information content (AvgIpc) is 3.23. The van der Waals surface area contributed by atoms with Gasteiger partial charge in [-0.1, -0.05) is 23.7 Å². The zero-order valence-corrected chi connectivity index (χ0v) is 32.7. The quantitative estimate of drug-likeness (QED) is 0.0323. The van der Waals surface area contributed by atoms with Gasteiger partial charge in [-0.25, -0.2) is 87.8 Å². The Bertz CT molecular complexity index is 2510. The molecule has 0 aliphatic heterocycles. The van der Waals surface area contributed by atoms with Gasteiger partial charge >= 0.3 is 17.1 Å². The summed E-state index contributed by atoms with van der Waals surface area (Å²) in [5.74, 6) is -61.4. The molecule has 0 saturated carbocycles. The van der Waals surface area contributed by atoms with Crippen molar-refractivity contribution in [1.82, 2.24) is 0 Å². The summed E-state index contributed by atoms with van der Waals surface area (Å²) in [6, 6.07) is 4.48. The molecule has 0 aromatic heterocycles. The molecular formula is C40H16CuF20O4. The number of aryl methyl sites for hydroxylation is 4. The number of carbonyl (C=O) groups is 2. The Balaban J connectivity index is 0.000000364. The predicted molar refractivity (Wildman–Crippen MR) is 175 cm³/mol. The van der Waals surface area contributed by atoms with Crippen molar-refractivity contribution in [2.75, 3.05) is 0 Å². The molecule has 5 rings (SSSR count). The van der Waals surface area contributed by atoms with Crippen molar-refractivity contribution in [3.05, 3.63) is 185 Å². The van der Waals surface area contributed by atoms with E-state index in [2.05, 4.69) is 39.8 Å². The van der Waals surface area contributed by atoms with Crippen molar-refractivity contribution < 1.29 is 125 Å². The third kappa shape index (κ3) is 10.6. The summed E-state index contributed by atoms with van der Waals surface area (Å²) in [5, 5.41) is 23.3. The van der Waals surface area contributed by atoms with Crippen LogP contribution in [-0.2, 0) is 17.1 Å². The van der Waals surface area contributed by atoms with Gasteiger partial charge in [-0.3, -0.25) is 9.59 Å². The maximum absolute atomic E-state index is 13.5. The number of benzene rings is 5. The molecule has 25 heteroatoms. The molecule has 0 heterocycles. The fraction of sp³-hybridized carbons (Fsp3) is 0.100. The van der Waals surface area contributed by atoms with Gasteiger partial charge in [0.25, 0.3) is 0 Å². The Morgan fingerprint density at radius 1 is 0.308 bits per heavy atom. The first-order valence-electron chi connectivity index (χ1n) is 16.4. The number of rotatable bonds is 6. The molecule has 5 aromatic rings. The van der Waals surface area contributed by atoms with Crippen molar-refractivity contribution in [2.45, 2.75) is 27.7 Å². The number of allylic oxidation sites excluding steroid dienone is 2. The van der Waals surface area contributed by atoms with E-state index in [1.165, 1.54) is 22.3 Å². The molecule has 0 fully saturated rings. The van der Waals surface area contributed by atoms with E-state index in [1.54, 1.807) is 0 Å². The van der Waals surface area contributed by atoms with E-state index < -0.39 is 174 Å². The maximum Gasteiger partial charge on any atom is 2.00 e. The van der Waals surface area contributed by atoms with Gasteiger partial charge in [0, 0.05) is 11.1 Å². The van der Waals surface area contributed by atoms with Crippen LogP contribution in [-0.4, -0.2) is 11.6 Å². The molecule has 1 radical (unpaired) electrons. The average molecular weight is 1000 g/mol. The molecule has 0 unspecified atom stereocenters. The van der Waals surface area contributed by atoms with E-state index in [0.29, 0.717) is 0 Å². The van der Waals surface area contributed by atoms with Crippen LogP contribution in [0.4, 0.5) is 87.8 Å². The first-order chi connectivity index (χ1) is 29.4. The Hall–Kier alpha value is -6.36. The normalized spacial score (nSPS) is 11.4. The van der Waals surface area contributed by atoms with Crippen LogP contribution in [0.2, 0.25) is 0 Å². The van der Waals surface area contributed by atoms with Crippen LogP contribution in [0.3, 0.4) is 0 Å². The van der Waals surface area contributed by atoms with Crippen molar-refractivity contribution in [3.8, 4) is 0 Å². The van der Waals surface area contributed by atoms with Gasteiger partial charge in [0.1, 0.15) is 0 Å². The van der Waals surface area contributed by atoms with Crippen molar-refractivity contribution >= 4 is 23.1 Å². The maximum atomic E-state index is 13.5. The van der Waals surface area contributed by atoms with Crippen LogP contribution >= 0.6 is 0 Å². The van der Waals surface area contributed by atoms with Gasteiger partial charge in [0.15, 0.2) is 105 Å². The summed E-state index contributed by atoms with van der Waals surface area (Å²) < 4.78 is 263. The summed E-state index contributed by atoms with van der Waals surface area (Å²) in [4.78, 5) is 23.3. The third-order valence-corrected chi connectivity index (χ3v) is 8.46. The van der Waals surface area contributed by atoms with Gasteiger partial charge in [0.05, 0.1) is 11.1 Å². The molecule has 0 aliphatic rings. The summed E-state index contributed by atoms with van der Waals surface area (Å²) in [7, 11) is 0. The standard InChI is InChI=1S/2C15H2F10O2.C10H14.Cu/c2*16-6-4(7(17)11(21)14(24)10(6)20)2(26)1-3(27)5-8(18)12(22)15(25)13(23)9(5)19;1-7-5-9(3)10(4)6-8(7)2;/h2*1,26H;5-6H,1-4H3;/q;;;+2/p-2/b2*2-1-;;. The fourth-order valence-electron chi connectivity index (χ4n) is 4.92. The Labute approximate surface area is 360 Å². The van der Waals surface area contributed by atoms with E-state index in [-0.39, 0.29) is 17.1 Å². The molecule has 0 spiro atoms. The van der Waals surface area contributed by atoms with Gasteiger partial charge in [-0.05, 0) is 62.1 Å². The first kappa shape index (κ1) is 54.8. The Morgan fingerprint density at radius 3 is 0.615 bits per heavy atom. The molecule has 351 valence electrons. The second-order valence-corrected chi connectivity index (χ2v) is 12.5. The molecular weight excluding hydrogens is 988 g/mol. The molecule has 0 bridgehead atoms. The zero-order valence-electron chi connectivity index (χ0n) is 31.8. The van der Waals surface area contributed by atoms with Gasteiger partial charge in [0.2, 0.25) is 23.3 Å². The smallest absolute Gasteiger partial charge is 0.872 e. The topological polar surface area (TPSA) is 80.3 Å². The van der Waals surface area contributed by atoms with Crippen LogP contribution in [0, 0.1) is 144 Å². The van der Waals surface area contributed by atoms with E-state index in [9.17, 15) is 108 Å². The monoisotopic (exact) mass is 1000 g/mol. The van der Waals surface area contributed by atoms with E-state index in [1.807, 2.05) is 0 Å². The minimum absolute atomic E-state index is 0. The summed E-state index contributed by atoms with van der Waals surface area (Å²) in [6.45, 7) is 8.62. The van der Waals surface area contributed by atoms with E-state index in [4.69, 9.17) is 0 Å². The van der Waals surface area contributed by atoms with E-state index in [0.717, 1.165) is 0 Å². The fourth-order valence-corrected chi connectivity index (χ4v) is 4.92. The summed E-state index contributed by atoms with van der Waals surface area (Å²) >= 11 is 0. The van der Waals surface area contributed by atoms with Gasteiger partial charge in [-0.2, -0.15) is 0 Å². The van der Waals surface area contributed by atoms with Crippen LogP contribution in [0.1, 0.15) is 54.1 Å². The SMILES string of the molecule is Cc1cc(C)c(C)cc1C.O=C(/C=C(\[O-])c1c(F)c(F)c(F)c(F)c1F)c1c(F)c(F)c(F)c(F)c1F.O=C(/C=C(\[O-])c1c(F)c(F)c(F)c(F)c1F)c1c(F)c(F)c(F)c(F)c1F.[Cu+2]. The summed E-state index contributed by atoms with van der Waals surface area (Å²) in [6.07, 6.45) is -1.17. The van der Waals surface area contributed by atoms with Crippen molar-refractivity contribution in [2.24, 2.45) is 0 Å². The van der Waals surface area contributed by atoms with Gasteiger partial charge in [-0.15, -0.1) is 0 Å². The minimum atomic E-state index is -2.64. The molecule has 0 amide bonds. The summed E-state index contributed by atoms with van der Waals surface area (Å²) in [5.41, 5.74) is -3.09. The Kier molecular flexibility index (Phi) is 17.8. The molecule has 5 aromatic carbocycles. The van der Waals surface area contributed by atoms with E-state index >= 15 is 0 Å². The van der Waals surface area contributed by atoms with Gasteiger partial charge < -0.3 is 10.2 Å². The van der Waals surface area contributed by atoms with Crippen LogP contribution in [0.15, 0.2) is 24.3 Å². The molecule has 0 aliphatic carbocycles. The molecule has 0 saturated heterocycles. The largest absolute Gasteiger partial charge is 2.00 e. The van der Waals surface area contributed by atoms with Crippen molar-refractivity contribution in [1.29, 1.82) is 0 Å². The number of hydrogen-bond donors (Lipinski definition) is 0. The van der Waals surface area contributed by atoms with Crippen LogP contribution < -0.4 is 10.2 Å². The molecule has 0 N–H and O–H groups in total. The predicted octanol–water partition coefficient (Wildman–Crippen LogP) is 10.2. The third-order valence-electron chi connectivity index (χ3n) is 8.46. The Morgan fingerprint density at radius 2 is 0.446 bits per heavy atom. The number of ketones is 2. The van der Waals surface area contributed by atoms with Crippen LogP contribution in [0.25, 0.3) is 11.5 Å². The second-order valence-electron chi connectivity index (χ2n) is 12.5. The molecule has 4 nitrogen and oxygen atoms in total.